The summed E-state index contributed by atoms with van der Waals surface area (Å²) in [5, 5.41) is 5.09. The summed E-state index contributed by atoms with van der Waals surface area (Å²) in [4.78, 5) is 23.4. The lowest BCUT2D eigenvalue weighted by molar-refractivity contribution is -0.123. The molecule has 0 radical (unpaired) electrons. The van der Waals surface area contributed by atoms with E-state index in [1.165, 1.54) is 24.3 Å². The molecule has 108 valence electrons. The molecule has 4 N–H and O–H groups in total. The van der Waals surface area contributed by atoms with Gasteiger partial charge in [0.05, 0.1) is 0 Å². The average Bonchev–Trinajstić information content (AvgIpc) is 2.44. The first-order valence-corrected chi connectivity index (χ1v) is 6.24. The molecule has 2 amide bonds. The molecule has 2 aromatic carbocycles. The summed E-state index contributed by atoms with van der Waals surface area (Å²) >= 11 is 0. The molecule has 0 heterocycles. The number of hydrogen-bond acceptors (Lipinski definition) is 3. The molecule has 0 unspecified atom stereocenters. The van der Waals surface area contributed by atoms with Crippen molar-refractivity contribution in [3.8, 4) is 0 Å². The van der Waals surface area contributed by atoms with Crippen molar-refractivity contribution in [1.82, 2.24) is 0 Å². The van der Waals surface area contributed by atoms with E-state index in [9.17, 15) is 14.0 Å². The number of anilines is 3. The van der Waals surface area contributed by atoms with Crippen LogP contribution in [0.5, 0.6) is 0 Å². The predicted octanol–water partition coefficient (Wildman–Crippen LogP) is 2.38. The number of nitrogen functional groups attached to an aromatic ring is 1. The van der Waals surface area contributed by atoms with Crippen LogP contribution in [0.2, 0.25) is 0 Å². The van der Waals surface area contributed by atoms with Crippen molar-refractivity contribution in [3.63, 3.8) is 0 Å². The van der Waals surface area contributed by atoms with Gasteiger partial charge in [-0.15, -0.1) is 0 Å². The number of hydrogen-bond donors (Lipinski definition) is 3. The molecule has 0 saturated carbocycles. The van der Waals surface area contributed by atoms with Gasteiger partial charge in [0.1, 0.15) is 12.2 Å². The molecular formula is C15H14FN3O2. The second-order valence-corrected chi connectivity index (χ2v) is 4.40. The molecule has 0 atom stereocenters. The maximum Gasteiger partial charge on any atom is 0.233 e. The number of rotatable bonds is 4. The van der Waals surface area contributed by atoms with Crippen LogP contribution < -0.4 is 16.4 Å². The van der Waals surface area contributed by atoms with Crippen molar-refractivity contribution in [2.24, 2.45) is 0 Å². The molecule has 0 spiro atoms. The van der Waals surface area contributed by atoms with E-state index in [4.69, 9.17) is 5.73 Å². The van der Waals surface area contributed by atoms with Gasteiger partial charge in [0.2, 0.25) is 11.8 Å². The Morgan fingerprint density at radius 2 is 1.29 bits per heavy atom. The van der Waals surface area contributed by atoms with E-state index in [-0.39, 0.29) is 6.42 Å². The summed E-state index contributed by atoms with van der Waals surface area (Å²) in [5.41, 5.74) is 7.11. The fraction of sp³-hybridized carbons (Fsp3) is 0.0667. The van der Waals surface area contributed by atoms with Crippen LogP contribution in [0.4, 0.5) is 21.5 Å². The topological polar surface area (TPSA) is 84.2 Å². The number of nitrogens with two attached hydrogens (primary N) is 1. The molecule has 0 saturated heterocycles. The van der Waals surface area contributed by atoms with Gasteiger partial charge >= 0.3 is 0 Å². The minimum absolute atomic E-state index is 0.332. The Morgan fingerprint density at radius 3 is 1.76 bits per heavy atom. The minimum atomic E-state index is -0.477. The third-order valence-corrected chi connectivity index (χ3v) is 2.64. The van der Waals surface area contributed by atoms with E-state index in [0.29, 0.717) is 17.1 Å². The third-order valence-electron chi connectivity index (χ3n) is 2.64. The Morgan fingerprint density at radius 1 is 0.857 bits per heavy atom. The summed E-state index contributed by atoms with van der Waals surface area (Å²) in [7, 11) is 0. The van der Waals surface area contributed by atoms with Crippen LogP contribution >= 0.6 is 0 Å². The lowest BCUT2D eigenvalue weighted by atomic mass is 10.2. The molecular weight excluding hydrogens is 273 g/mol. The summed E-state index contributed by atoms with van der Waals surface area (Å²) in [5.74, 6) is -1.32. The van der Waals surface area contributed by atoms with Crippen molar-refractivity contribution in [2.75, 3.05) is 16.4 Å². The van der Waals surface area contributed by atoms with Crippen LogP contribution in [0.3, 0.4) is 0 Å². The predicted molar refractivity (Wildman–Crippen MR) is 79.1 cm³/mol. The highest BCUT2D eigenvalue weighted by atomic mass is 19.1. The lowest BCUT2D eigenvalue weighted by Crippen LogP contribution is -2.21. The molecule has 0 aromatic heterocycles. The normalized spacial score (nSPS) is 9.95. The number of carbonyl (C=O) groups is 2. The van der Waals surface area contributed by atoms with Crippen LogP contribution in [0.1, 0.15) is 6.42 Å². The van der Waals surface area contributed by atoms with Crippen LogP contribution in [0.25, 0.3) is 0 Å². The van der Waals surface area contributed by atoms with E-state index < -0.39 is 17.6 Å². The molecule has 21 heavy (non-hydrogen) atoms. The fourth-order valence-corrected chi connectivity index (χ4v) is 1.66. The number of halogens is 1. The molecule has 0 aliphatic carbocycles. The second kappa shape index (κ2) is 6.51. The highest BCUT2D eigenvalue weighted by molar-refractivity contribution is 6.08. The van der Waals surface area contributed by atoms with Gasteiger partial charge in [0.25, 0.3) is 0 Å². The van der Waals surface area contributed by atoms with Crippen LogP contribution in [-0.4, -0.2) is 11.8 Å². The monoisotopic (exact) mass is 287 g/mol. The number of amides is 2. The average molecular weight is 287 g/mol. The van der Waals surface area contributed by atoms with E-state index in [0.717, 1.165) is 0 Å². The first kappa shape index (κ1) is 14.5. The quantitative estimate of drug-likeness (QED) is 0.596. The number of nitrogens with one attached hydrogen (secondary N) is 2. The molecule has 0 bridgehead atoms. The van der Waals surface area contributed by atoms with Gasteiger partial charge in [-0.2, -0.15) is 0 Å². The molecule has 2 aromatic rings. The number of benzene rings is 2. The summed E-state index contributed by atoms with van der Waals surface area (Å²) < 4.78 is 12.7. The van der Waals surface area contributed by atoms with Crippen molar-refractivity contribution in [3.05, 3.63) is 54.3 Å². The van der Waals surface area contributed by atoms with Crippen LogP contribution in [0.15, 0.2) is 48.5 Å². The zero-order chi connectivity index (χ0) is 15.2. The van der Waals surface area contributed by atoms with E-state index in [1.807, 2.05) is 0 Å². The SMILES string of the molecule is Nc1ccc(NC(=O)CC(=O)Nc2ccc(F)cc2)cc1. The van der Waals surface area contributed by atoms with Gasteiger partial charge in [-0.3, -0.25) is 9.59 Å². The minimum Gasteiger partial charge on any atom is -0.399 e. The zero-order valence-corrected chi connectivity index (χ0v) is 11.1. The Bertz CT molecular complexity index is 581. The third kappa shape index (κ3) is 4.61. The van der Waals surface area contributed by atoms with Gasteiger partial charge < -0.3 is 16.4 Å². The maximum absolute atomic E-state index is 12.7. The fourth-order valence-electron chi connectivity index (χ4n) is 1.66. The first-order valence-electron chi connectivity index (χ1n) is 6.24. The first-order chi connectivity index (χ1) is 10.0. The molecule has 6 heteroatoms. The van der Waals surface area contributed by atoms with Crippen molar-refractivity contribution in [2.45, 2.75) is 6.42 Å². The Hall–Kier alpha value is -2.89. The smallest absolute Gasteiger partial charge is 0.233 e. The number of carbonyl (C=O) groups excluding carboxylic acids is 2. The molecule has 0 aliphatic heterocycles. The molecule has 0 fully saturated rings. The largest absolute Gasteiger partial charge is 0.399 e. The standard InChI is InChI=1S/C15H14FN3O2/c16-10-1-5-12(6-2-10)18-14(20)9-15(21)19-13-7-3-11(17)4-8-13/h1-8H,9,17H2,(H,18,20)(H,19,21). The van der Waals surface area contributed by atoms with Crippen molar-refractivity contribution in [1.29, 1.82) is 0 Å². The van der Waals surface area contributed by atoms with Gasteiger partial charge in [0.15, 0.2) is 0 Å². The van der Waals surface area contributed by atoms with Gasteiger partial charge in [-0.25, -0.2) is 4.39 Å². The Labute approximate surface area is 121 Å². The van der Waals surface area contributed by atoms with E-state index >= 15 is 0 Å². The van der Waals surface area contributed by atoms with Gasteiger partial charge in [-0.05, 0) is 48.5 Å². The van der Waals surface area contributed by atoms with E-state index in [2.05, 4.69) is 10.6 Å². The molecule has 5 nitrogen and oxygen atoms in total. The van der Waals surface area contributed by atoms with Crippen molar-refractivity contribution >= 4 is 28.9 Å². The second-order valence-electron chi connectivity index (χ2n) is 4.40. The van der Waals surface area contributed by atoms with E-state index in [1.54, 1.807) is 24.3 Å². The highest BCUT2D eigenvalue weighted by Crippen LogP contribution is 2.11. The molecule has 0 aliphatic rings. The van der Waals surface area contributed by atoms with Gasteiger partial charge in [0, 0.05) is 17.1 Å². The molecule has 2 rings (SSSR count). The zero-order valence-electron chi connectivity index (χ0n) is 11.1. The maximum atomic E-state index is 12.7. The van der Waals surface area contributed by atoms with Crippen molar-refractivity contribution < 1.29 is 14.0 Å². The Kier molecular flexibility index (Phi) is 4.50. The summed E-state index contributed by atoms with van der Waals surface area (Å²) in [6.45, 7) is 0. The van der Waals surface area contributed by atoms with Crippen LogP contribution in [-0.2, 0) is 9.59 Å². The van der Waals surface area contributed by atoms with Gasteiger partial charge in [-0.1, -0.05) is 0 Å². The lowest BCUT2D eigenvalue weighted by Gasteiger charge is -2.07. The summed E-state index contributed by atoms with van der Waals surface area (Å²) in [6.07, 6.45) is -0.332. The van der Waals surface area contributed by atoms with Crippen LogP contribution in [0, 0.1) is 5.82 Å². The Balaban J connectivity index is 1.85. The highest BCUT2D eigenvalue weighted by Gasteiger charge is 2.10. The summed E-state index contributed by atoms with van der Waals surface area (Å²) in [6, 6.07) is 11.9.